The summed E-state index contributed by atoms with van der Waals surface area (Å²) in [5, 5.41) is 11.9. The number of carbonyl (C=O) groups is 1. The normalized spacial score (nSPS) is 28.7. The van der Waals surface area contributed by atoms with Crippen molar-refractivity contribution in [1.29, 1.82) is 0 Å². The summed E-state index contributed by atoms with van der Waals surface area (Å²) in [4.78, 5) is 12.6. The molecule has 0 unspecified atom stereocenters. The average molecular weight is 358 g/mol. The third-order valence-corrected chi connectivity index (χ3v) is 5.17. The van der Waals surface area contributed by atoms with Crippen LogP contribution >= 0.6 is 0 Å². The molecular weight excluding hydrogens is 336 g/mol. The molecule has 6 heteroatoms. The summed E-state index contributed by atoms with van der Waals surface area (Å²) in [7, 11) is 1.64. The number of fused-ring (bicyclic) bond motifs is 2. The second kappa shape index (κ2) is 6.87. The zero-order valence-electron chi connectivity index (χ0n) is 14.8. The fraction of sp³-hybridized carbons (Fsp3) is 0.450. The predicted molar refractivity (Wildman–Crippen MR) is 94.3 cm³/mol. The Kier molecular flexibility index (Phi) is 4.56. The van der Waals surface area contributed by atoms with Gasteiger partial charge in [0.15, 0.2) is 6.10 Å². The van der Waals surface area contributed by atoms with E-state index < -0.39 is 24.2 Å². The molecule has 2 saturated heterocycles. The van der Waals surface area contributed by atoms with Crippen LogP contribution in [0, 0.1) is 0 Å². The number of aliphatic hydroxyl groups excluding tert-OH is 1. The van der Waals surface area contributed by atoms with Gasteiger partial charge >= 0.3 is 5.97 Å². The Bertz CT molecular complexity index is 819. The molecule has 138 valence electrons. The second-order valence-corrected chi connectivity index (χ2v) is 6.83. The van der Waals surface area contributed by atoms with Crippen molar-refractivity contribution in [3.63, 3.8) is 0 Å². The van der Waals surface area contributed by atoms with Gasteiger partial charge in [0.25, 0.3) is 0 Å². The van der Waals surface area contributed by atoms with Gasteiger partial charge in [-0.25, -0.2) is 0 Å². The summed E-state index contributed by atoms with van der Waals surface area (Å²) in [6.07, 6.45) is -1.92. The van der Waals surface area contributed by atoms with Crippen LogP contribution in [0.25, 0.3) is 10.8 Å². The van der Waals surface area contributed by atoms with Gasteiger partial charge in [0.2, 0.25) is 0 Å². The highest BCUT2D eigenvalue weighted by Crippen LogP contribution is 2.31. The van der Waals surface area contributed by atoms with Crippen molar-refractivity contribution in [2.24, 2.45) is 0 Å². The van der Waals surface area contributed by atoms with Gasteiger partial charge in [0.05, 0.1) is 26.2 Å². The minimum absolute atomic E-state index is 0.215. The molecule has 2 aliphatic rings. The fourth-order valence-corrected chi connectivity index (χ4v) is 3.57. The Hall–Kier alpha value is -2.15. The van der Waals surface area contributed by atoms with Crippen molar-refractivity contribution < 1.29 is 28.8 Å². The van der Waals surface area contributed by atoms with E-state index >= 15 is 0 Å². The third-order valence-electron chi connectivity index (χ3n) is 5.17. The van der Waals surface area contributed by atoms with Crippen molar-refractivity contribution in [1.82, 2.24) is 0 Å². The fourth-order valence-electron chi connectivity index (χ4n) is 3.57. The Morgan fingerprint density at radius 1 is 1.12 bits per heavy atom. The SMILES string of the molecule is COc1ccc2cc([C@H](C)C(=O)O[C@H]3CO[C@H]4[C@@H]3OC[C@H]4O)ccc2c1. The molecule has 1 N–H and O–H groups in total. The van der Waals surface area contributed by atoms with Crippen LogP contribution in [0.4, 0.5) is 0 Å². The zero-order chi connectivity index (χ0) is 18.3. The lowest BCUT2D eigenvalue weighted by molar-refractivity contribution is -0.155. The van der Waals surface area contributed by atoms with Gasteiger partial charge in [-0.15, -0.1) is 0 Å². The van der Waals surface area contributed by atoms with E-state index in [1.165, 1.54) is 0 Å². The van der Waals surface area contributed by atoms with E-state index in [0.29, 0.717) is 0 Å². The summed E-state index contributed by atoms with van der Waals surface area (Å²) in [6, 6.07) is 11.7. The van der Waals surface area contributed by atoms with Crippen LogP contribution in [-0.2, 0) is 19.0 Å². The Balaban J connectivity index is 1.47. The van der Waals surface area contributed by atoms with Gasteiger partial charge in [-0.3, -0.25) is 4.79 Å². The second-order valence-electron chi connectivity index (χ2n) is 6.83. The molecular formula is C20H22O6. The van der Waals surface area contributed by atoms with E-state index in [0.717, 1.165) is 22.1 Å². The molecule has 0 aromatic heterocycles. The first-order chi connectivity index (χ1) is 12.6. The van der Waals surface area contributed by atoms with Gasteiger partial charge in [-0.1, -0.05) is 24.3 Å². The topological polar surface area (TPSA) is 74.2 Å². The van der Waals surface area contributed by atoms with Gasteiger partial charge in [-0.2, -0.15) is 0 Å². The number of aliphatic hydroxyl groups is 1. The first kappa shape index (κ1) is 17.3. The van der Waals surface area contributed by atoms with E-state index in [1.54, 1.807) is 7.11 Å². The van der Waals surface area contributed by atoms with Gasteiger partial charge < -0.3 is 24.1 Å². The lowest BCUT2D eigenvalue weighted by Crippen LogP contribution is -2.35. The van der Waals surface area contributed by atoms with Crippen molar-refractivity contribution in [2.75, 3.05) is 20.3 Å². The van der Waals surface area contributed by atoms with E-state index in [9.17, 15) is 9.90 Å². The minimum Gasteiger partial charge on any atom is -0.497 e. The summed E-state index contributed by atoms with van der Waals surface area (Å²) < 4.78 is 21.9. The summed E-state index contributed by atoms with van der Waals surface area (Å²) in [6.45, 7) is 2.29. The number of carbonyl (C=O) groups excluding carboxylic acids is 1. The summed E-state index contributed by atoms with van der Waals surface area (Å²) in [5.41, 5.74) is 0.885. The molecule has 4 rings (SSSR count). The molecule has 0 amide bonds. The predicted octanol–water partition coefficient (Wildman–Crippen LogP) is 2.02. The number of methoxy groups -OCH3 is 1. The quantitative estimate of drug-likeness (QED) is 0.843. The summed E-state index contributed by atoms with van der Waals surface area (Å²) in [5.74, 6) is 0.0660. The van der Waals surface area contributed by atoms with Crippen LogP contribution in [0.3, 0.4) is 0 Å². The molecule has 0 spiro atoms. The minimum atomic E-state index is -0.654. The highest BCUT2D eigenvalue weighted by atomic mass is 16.6. The molecule has 2 fully saturated rings. The highest BCUT2D eigenvalue weighted by molar-refractivity contribution is 5.86. The molecule has 5 atom stereocenters. The first-order valence-electron chi connectivity index (χ1n) is 8.76. The van der Waals surface area contributed by atoms with Crippen LogP contribution in [0.1, 0.15) is 18.4 Å². The van der Waals surface area contributed by atoms with Crippen molar-refractivity contribution in [2.45, 2.75) is 37.3 Å². The Labute approximate surface area is 151 Å². The number of esters is 1. The molecule has 6 nitrogen and oxygen atoms in total. The van der Waals surface area contributed by atoms with E-state index in [1.807, 2.05) is 43.3 Å². The van der Waals surface area contributed by atoms with Crippen molar-refractivity contribution >= 4 is 16.7 Å². The van der Waals surface area contributed by atoms with Gasteiger partial charge in [0, 0.05) is 0 Å². The van der Waals surface area contributed by atoms with E-state index in [4.69, 9.17) is 18.9 Å². The maximum absolute atomic E-state index is 12.6. The van der Waals surface area contributed by atoms with Crippen LogP contribution in [0.15, 0.2) is 36.4 Å². The van der Waals surface area contributed by atoms with Gasteiger partial charge in [-0.05, 0) is 35.4 Å². The monoisotopic (exact) mass is 358 g/mol. The number of hydrogen-bond acceptors (Lipinski definition) is 6. The molecule has 2 aromatic carbocycles. The van der Waals surface area contributed by atoms with Crippen LogP contribution in [0.5, 0.6) is 5.75 Å². The lowest BCUT2D eigenvalue weighted by atomic mass is 9.97. The number of hydrogen-bond donors (Lipinski definition) is 1. The average Bonchev–Trinajstić information content (AvgIpc) is 3.23. The van der Waals surface area contributed by atoms with Crippen molar-refractivity contribution in [3.8, 4) is 5.75 Å². The van der Waals surface area contributed by atoms with Crippen molar-refractivity contribution in [3.05, 3.63) is 42.0 Å². The Morgan fingerprint density at radius 3 is 2.65 bits per heavy atom. The van der Waals surface area contributed by atoms with Gasteiger partial charge in [0.1, 0.15) is 24.1 Å². The summed E-state index contributed by atoms with van der Waals surface area (Å²) >= 11 is 0. The molecule has 0 radical (unpaired) electrons. The molecule has 0 saturated carbocycles. The zero-order valence-corrected chi connectivity index (χ0v) is 14.8. The highest BCUT2D eigenvalue weighted by Gasteiger charge is 2.49. The lowest BCUT2D eigenvalue weighted by Gasteiger charge is -2.19. The first-order valence-corrected chi connectivity index (χ1v) is 8.76. The standard InChI is InChI=1S/C20H22O6/c1-11(12-3-4-14-8-15(23-2)6-5-13(14)7-12)20(22)26-17-10-25-18-16(21)9-24-19(17)18/h3-8,11,16-19,21H,9-10H2,1-2H3/t11-,16+,17-,18+,19+/m0/s1. The van der Waals surface area contributed by atoms with Crippen LogP contribution < -0.4 is 4.74 Å². The molecule has 26 heavy (non-hydrogen) atoms. The van der Waals surface area contributed by atoms with Crippen LogP contribution in [0.2, 0.25) is 0 Å². The maximum Gasteiger partial charge on any atom is 0.313 e. The number of rotatable bonds is 4. The van der Waals surface area contributed by atoms with E-state index in [2.05, 4.69) is 0 Å². The molecule has 2 aromatic rings. The van der Waals surface area contributed by atoms with E-state index in [-0.39, 0.29) is 25.3 Å². The maximum atomic E-state index is 12.6. The molecule has 2 heterocycles. The third kappa shape index (κ3) is 3.05. The number of benzene rings is 2. The largest absolute Gasteiger partial charge is 0.497 e. The molecule has 0 aliphatic carbocycles. The number of ether oxygens (including phenoxy) is 4. The smallest absolute Gasteiger partial charge is 0.313 e. The molecule has 0 bridgehead atoms. The molecule has 2 aliphatic heterocycles. The Morgan fingerprint density at radius 2 is 1.85 bits per heavy atom. The van der Waals surface area contributed by atoms with Crippen LogP contribution in [-0.4, -0.2) is 55.8 Å².